The van der Waals surface area contributed by atoms with Crippen LogP contribution >= 0.6 is 0 Å². The normalized spacial score (nSPS) is 17.3. The van der Waals surface area contributed by atoms with Crippen LogP contribution in [0.25, 0.3) is 11.5 Å². The van der Waals surface area contributed by atoms with E-state index in [4.69, 9.17) is 4.42 Å². The lowest BCUT2D eigenvalue weighted by Crippen LogP contribution is -2.19. The van der Waals surface area contributed by atoms with Gasteiger partial charge in [-0.1, -0.05) is 42.5 Å². The molecule has 5 rings (SSSR count). The van der Waals surface area contributed by atoms with E-state index in [9.17, 15) is 9.59 Å². The van der Waals surface area contributed by atoms with Crippen LogP contribution < -0.4 is 10.6 Å². The Morgan fingerprint density at radius 2 is 1.66 bits per heavy atom. The molecule has 2 aliphatic rings. The Morgan fingerprint density at radius 3 is 2.34 bits per heavy atom. The van der Waals surface area contributed by atoms with Gasteiger partial charge in [0.15, 0.2) is 5.69 Å². The number of carbonyl (C=O) groups is 2. The van der Waals surface area contributed by atoms with Gasteiger partial charge < -0.3 is 15.1 Å². The van der Waals surface area contributed by atoms with Crippen LogP contribution in [0.4, 0.5) is 11.4 Å². The molecule has 2 amide bonds. The number of amides is 2. The van der Waals surface area contributed by atoms with Crippen molar-refractivity contribution in [2.75, 3.05) is 10.6 Å². The molecule has 1 heterocycles. The maximum absolute atomic E-state index is 13.2. The Morgan fingerprint density at radius 1 is 0.938 bits per heavy atom. The predicted molar refractivity (Wildman–Crippen MR) is 123 cm³/mol. The number of hydrogen-bond acceptors (Lipinski definition) is 4. The summed E-state index contributed by atoms with van der Waals surface area (Å²) in [6.07, 6.45) is 8.67. The standard InChI is InChI=1S/C26H25N3O3/c30-22(16-17-8-4-5-9-17)27-20-12-6-7-13-21(20)28-25(31)23-24(18-14-15-18)32-26(29-23)19-10-2-1-3-11-19/h1-4,6-8,10-13,17-18H,5,9,14-16H2,(H,27,30)(H,28,31). The van der Waals surface area contributed by atoms with Crippen LogP contribution in [-0.4, -0.2) is 16.8 Å². The van der Waals surface area contributed by atoms with Crippen LogP contribution in [0.15, 0.2) is 71.2 Å². The topological polar surface area (TPSA) is 84.2 Å². The summed E-state index contributed by atoms with van der Waals surface area (Å²) in [5, 5.41) is 5.87. The molecule has 1 fully saturated rings. The monoisotopic (exact) mass is 427 g/mol. The first kappa shape index (κ1) is 20.2. The molecule has 0 bridgehead atoms. The summed E-state index contributed by atoms with van der Waals surface area (Å²) >= 11 is 0. The highest BCUT2D eigenvalue weighted by Gasteiger charge is 2.34. The van der Waals surface area contributed by atoms with E-state index >= 15 is 0 Å². The summed E-state index contributed by atoms with van der Waals surface area (Å²) in [6.45, 7) is 0. The van der Waals surface area contributed by atoms with Gasteiger partial charge in [0.25, 0.3) is 5.91 Å². The molecule has 1 atom stereocenters. The van der Waals surface area contributed by atoms with Gasteiger partial charge in [-0.15, -0.1) is 0 Å². The van der Waals surface area contributed by atoms with Crippen molar-refractivity contribution in [2.45, 2.75) is 38.0 Å². The van der Waals surface area contributed by atoms with Crippen molar-refractivity contribution < 1.29 is 14.0 Å². The lowest BCUT2D eigenvalue weighted by molar-refractivity contribution is -0.116. The minimum Gasteiger partial charge on any atom is -0.440 e. The van der Waals surface area contributed by atoms with Gasteiger partial charge in [-0.05, 0) is 55.9 Å². The van der Waals surface area contributed by atoms with E-state index in [0.29, 0.717) is 35.1 Å². The van der Waals surface area contributed by atoms with Crippen molar-refractivity contribution >= 4 is 23.2 Å². The third kappa shape index (κ3) is 4.49. The van der Waals surface area contributed by atoms with E-state index < -0.39 is 0 Å². The quantitative estimate of drug-likeness (QED) is 0.469. The molecule has 162 valence electrons. The van der Waals surface area contributed by atoms with Gasteiger partial charge >= 0.3 is 0 Å². The molecule has 0 aliphatic heterocycles. The fraction of sp³-hybridized carbons (Fsp3) is 0.269. The molecular weight excluding hydrogens is 402 g/mol. The molecule has 1 unspecified atom stereocenters. The molecule has 0 saturated heterocycles. The van der Waals surface area contributed by atoms with Crippen molar-refractivity contribution in [1.29, 1.82) is 0 Å². The summed E-state index contributed by atoms with van der Waals surface area (Å²) in [6, 6.07) is 16.8. The number of para-hydroxylation sites is 2. The fourth-order valence-corrected chi connectivity index (χ4v) is 4.01. The maximum atomic E-state index is 13.2. The SMILES string of the molecule is O=C(CC1C=CCC1)Nc1ccccc1NC(=O)c1nc(-c2ccccc2)oc1C1CC1. The Hall–Kier alpha value is -3.67. The number of aromatic nitrogens is 1. The van der Waals surface area contributed by atoms with Crippen LogP contribution in [0.3, 0.4) is 0 Å². The zero-order chi connectivity index (χ0) is 21.9. The zero-order valence-electron chi connectivity index (χ0n) is 17.7. The van der Waals surface area contributed by atoms with Crippen molar-refractivity contribution in [2.24, 2.45) is 5.92 Å². The first-order valence-electron chi connectivity index (χ1n) is 11.1. The highest BCUT2D eigenvalue weighted by atomic mass is 16.4. The number of allylic oxidation sites excluding steroid dienone is 2. The third-order valence-corrected chi connectivity index (χ3v) is 5.85. The number of carbonyl (C=O) groups excluding carboxylic acids is 2. The van der Waals surface area contributed by atoms with E-state index in [-0.39, 0.29) is 23.7 Å². The van der Waals surface area contributed by atoms with Crippen LogP contribution in [0.5, 0.6) is 0 Å². The molecule has 2 aromatic carbocycles. The van der Waals surface area contributed by atoms with Crippen molar-refractivity contribution in [3.8, 4) is 11.5 Å². The molecule has 3 aromatic rings. The van der Waals surface area contributed by atoms with Gasteiger partial charge in [0.05, 0.1) is 11.4 Å². The highest BCUT2D eigenvalue weighted by Crippen LogP contribution is 2.43. The van der Waals surface area contributed by atoms with Crippen LogP contribution in [-0.2, 0) is 4.79 Å². The molecule has 1 aromatic heterocycles. The molecular formula is C26H25N3O3. The first-order chi connectivity index (χ1) is 15.7. The maximum Gasteiger partial charge on any atom is 0.278 e. The van der Waals surface area contributed by atoms with Gasteiger partial charge in [-0.2, -0.15) is 0 Å². The van der Waals surface area contributed by atoms with Gasteiger partial charge in [0.2, 0.25) is 11.8 Å². The Bertz CT molecular complexity index is 1160. The average molecular weight is 428 g/mol. The fourth-order valence-electron chi connectivity index (χ4n) is 4.01. The second-order valence-corrected chi connectivity index (χ2v) is 8.39. The number of anilines is 2. The molecule has 6 heteroatoms. The number of hydrogen-bond donors (Lipinski definition) is 2. The van der Waals surface area contributed by atoms with E-state index in [1.807, 2.05) is 42.5 Å². The highest BCUT2D eigenvalue weighted by molar-refractivity contribution is 6.07. The van der Waals surface area contributed by atoms with Crippen LogP contribution in [0.2, 0.25) is 0 Å². The van der Waals surface area contributed by atoms with Crippen LogP contribution in [0, 0.1) is 5.92 Å². The predicted octanol–water partition coefficient (Wildman–Crippen LogP) is 5.77. The second kappa shape index (κ2) is 8.83. The Kier molecular flexibility index (Phi) is 5.58. The molecule has 6 nitrogen and oxygen atoms in total. The third-order valence-electron chi connectivity index (χ3n) is 5.85. The largest absolute Gasteiger partial charge is 0.440 e. The van der Waals surface area contributed by atoms with Crippen molar-refractivity contribution in [1.82, 2.24) is 4.98 Å². The van der Waals surface area contributed by atoms with Crippen molar-refractivity contribution in [3.63, 3.8) is 0 Å². The average Bonchev–Trinajstić information content (AvgIpc) is 3.34. The summed E-state index contributed by atoms with van der Waals surface area (Å²) in [7, 11) is 0. The molecule has 0 radical (unpaired) electrons. The van der Waals surface area contributed by atoms with E-state index in [1.165, 1.54) is 0 Å². The van der Waals surface area contributed by atoms with Gasteiger partial charge in [-0.25, -0.2) is 4.98 Å². The second-order valence-electron chi connectivity index (χ2n) is 8.39. The van der Waals surface area contributed by atoms with Gasteiger partial charge in [0.1, 0.15) is 5.76 Å². The molecule has 2 aliphatic carbocycles. The Labute approximate surface area is 186 Å². The molecule has 1 saturated carbocycles. The van der Waals surface area contributed by atoms with Gasteiger partial charge in [0, 0.05) is 17.9 Å². The van der Waals surface area contributed by atoms with Gasteiger partial charge in [-0.3, -0.25) is 9.59 Å². The van der Waals surface area contributed by atoms with E-state index in [2.05, 4.69) is 27.8 Å². The van der Waals surface area contributed by atoms with Crippen molar-refractivity contribution in [3.05, 3.63) is 78.2 Å². The number of nitrogens with one attached hydrogen (secondary N) is 2. The number of rotatable bonds is 7. The minimum atomic E-state index is -0.335. The molecule has 2 N–H and O–H groups in total. The summed E-state index contributed by atoms with van der Waals surface area (Å²) in [4.78, 5) is 30.2. The summed E-state index contributed by atoms with van der Waals surface area (Å²) in [5.41, 5.74) is 2.26. The van der Waals surface area contributed by atoms with Crippen LogP contribution in [0.1, 0.15) is 54.3 Å². The zero-order valence-corrected chi connectivity index (χ0v) is 17.7. The van der Waals surface area contributed by atoms with E-state index in [1.54, 1.807) is 12.1 Å². The molecule has 0 spiro atoms. The minimum absolute atomic E-state index is 0.0604. The summed E-state index contributed by atoms with van der Waals surface area (Å²) in [5.74, 6) is 1.20. The summed E-state index contributed by atoms with van der Waals surface area (Å²) < 4.78 is 6.00. The molecule has 32 heavy (non-hydrogen) atoms. The lowest BCUT2D eigenvalue weighted by Gasteiger charge is -2.13. The first-order valence-corrected chi connectivity index (χ1v) is 11.1. The number of oxazole rings is 1. The van der Waals surface area contributed by atoms with E-state index in [0.717, 1.165) is 31.2 Å². The number of nitrogens with zero attached hydrogens (tertiary/aromatic N) is 1. The Balaban J connectivity index is 1.35. The number of benzene rings is 2. The lowest BCUT2D eigenvalue weighted by atomic mass is 10.0. The smallest absolute Gasteiger partial charge is 0.278 e.